The lowest BCUT2D eigenvalue weighted by Gasteiger charge is -2.38. The summed E-state index contributed by atoms with van der Waals surface area (Å²) in [5, 5.41) is 0. The van der Waals surface area contributed by atoms with Crippen LogP contribution in [-0.4, -0.2) is 26.3 Å². The van der Waals surface area contributed by atoms with Gasteiger partial charge in [0.15, 0.2) is 0 Å². The third-order valence-electron chi connectivity index (χ3n) is 3.53. The van der Waals surface area contributed by atoms with Crippen molar-refractivity contribution >= 4 is 27.3 Å². The third kappa shape index (κ3) is 2.75. The van der Waals surface area contributed by atoms with Crippen molar-refractivity contribution in [2.45, 2.75) is 19.4 Å². The van der Waals surface area contributed by atoms with Crippen LogP contribution in [0.4, 0.5) is 11.4 Å². The molecule has 2 atom stereocenters. The molecule has 0 saturated carbocycles. The Balaban J connectivity index is 2.20. The fourth-order valence-corrected chi connectivity index (χ4v) is 2.70. The van der Waals surface area contributed by atoms with Gasteiger partial charge in [0, 0.05) is 24.7 Å². The topological polar surface area (TPSA) is 38.5 Å². The summed E-state index contributed by atoms with van der Waals surface area (Å²) < 4.78 is 6.60. The maximum atomic E-state index is 6.04. The lowest BCUT2D eigenvalue weighted by molar-refractivity contribution is 0.0499. The molecule has 1 aromatic carbocycles. The number of piperidine rings is 1. The average molecular weight is 299 g/mol. The molecule has 1 saturated heterocycles. The van der Waals surface area contributed by atoms with Crippen LogP contribution in [0.2, 0.25) is 0 Å². The van der Waals surface area contributed by atoms with Gasteiger partial charge < -0.3 is 15.4 Å². The first-order valence-electron chi connectivity index (χ1n) is 5.94. The van der Waals surface area contributed by atoms with Crippen molar-refractivity contribution in [3.05, 3.63) is 22.7 Å². The first kappa shape index (κ1) is 12.7. The molecule has 94 valence electrons. The average Bonchev–Trinajstić information content (AvgIpc) is 2.33. The number of hydrogen-bond donors (Lipinski definition) is 1. The number of halogens is 1. The van der Waals surface area contributed by atoms with Crippen LogP contribution >= 0.6 is 15.9 Å². The minimum Gasteiger partial charge on any atom is -0.397 e. The second kappa shape index (κ2) is 5.27. The van der Waals surface area contributed by atoms with Crippen molar-refractivity contribution in [2.24, 2.45) is 5.92 Å². The number of nitrogens with zero attached hydrogens (tertiary/aromatic N) is 1. The van der Waals surface area contributed by atoms with Crippen LogP contribution in [0.1, 0.15) is 13.3 Å². The molecule has 0 spiro atoms. The van der Waals surface area contributed by atoms with E-state index in [0.29, 0.717) is 12.0 Å². The Hall–Kier alpha value is -0.740. The lowest BCUT2D eigenvalue weighted by atomic mass is 9.95. The quantitative estimate of drug-likeness (QED) is 0.853. The number of methoxy groups -OCH3 is 1. The van der Waals surface area contributed by atoms with E-state index < -0.39 is 0 Å². The van der Waals surface area contributed by atoms with Crippen LogP contribution in [0.5, 0.6) is 0 Å². The molecule has 0 radical (unpaired) electrons. The van der Waals surface area contributed by atoms with Gasteiger partial charge in [0.05, 0.1) is 17.5 Å². The minimum absolute atomic E-state index is 0.294. The molecular formula is C13H19BrN2O. The Morgan fingerprint density at radius 1 is 1.47 bits per heavy atom. The van der Waals surface area contributed by atoms with E-state index in [9.17, 15) is 0 Å². The van der Waals surface area contributed by atoms with Gasteiger partial charge in [-0.25, -0.2) is 0 Å². The molecule has 4 heteroatoms. The number of ether oxygens (including phenoxy) is 1. The molecule has 1 aliphatic rings. The summed E-state index contributed by atoms with van der Waals surface area (Å²) in [4.78, 5) is 2.31. The predicted molar refractivity (Wildman–Crippen MR) is 75.3 cm³/mol. The van der Waals surface area contributed by atoms with E-state index in [1.165, 1.54) is 0 Å². The van der Waals surface area contributed by atoms with E-state index >= 15 is 0 Å². The first-order valence-corrected chi connectivity index (χ1v) is 6.74. The van der Waals surface area contributed by atoms with Crippen LogP contribution in [0.15, 0.2) is 22.7 Å². The van der Waals surface area contributed by atoms with Crippen molar-refractivity contribution < 1.29 is 4.74 Å². The molecule has 17 heavy (non-hydrogen) atoms. The largest absolute Gasteiger partial charge is 0.397 e. The normalized spacial score (nSPS) is 25.0. The van der Waals surface area contributed by atoms with Gasteiger partial charge >= 0.3 is 0 Å². The van der Waals surface area contributed by atoms with Gasteiger partial charge in [-0.2, -0.15) is 0 Å². The third-order valence-corrected chi connectivity index (χ3v) is 4.02. The maximum absolute atomic E-state index is 6.04. The van der Waals surface area contributed by atoms with Gasteiger partial charge in [-0.1, -0.05) is 22.9 Å². The van der Waals surface area contributed by atoms with Crippen molar-refractivity contribution in [3.63, 3.8) is 0 Å². The summed E-state index contributed by atoms with van der Waals surface area (Å²) in [6.07, 6.45) is 1.44. The number of nitrogens with two attached hydrogens (primary N) is 1. The van der Waals surface area contributed by atoms with Gasteiger partial charge in [0.2, 0.25) is 0 Å². The zero-order valence-electron chi connectivity index (χ0n) is 10.3. The van der Waals surface area contributed by atoms with E-state index in [1.54, 1.807) is 7.11 Å². The molecule has 0 amide bonds. The molecule has 2 N–H and O–H groups in total. The van der Waals surface area contributed by atoms with Crippen molar-refractivity contribution in [2.75, 3.05) is 30.8 Å². The molecule has 1 fully saturated rings. The van der Waals surface area contributed by atoms with E-state index in [-0.39, 0.29) is 0 Å². The molecule has 1 aromatic rings. The molecule has 0 aliphatic carbocycles. The van der Waals surface area contributed by atoms with Crippen molar-refractivity contribution in [1.29, 1.82) is 0 Å². The minimum atomic E-state index is 0.294. The zero-order chi connectivity index (χ0) is 12.4. The molecule has 0 bridgehead atoms. The number of anilines is 2. The fourth-order valence-electron chi connectivity index (χ4n) is 2.35. The molecule has 0 aromatic heterocycles. The summed E-state index contributed by atoms with van der Waals surface area (Å²) in [7, 11) is 1.79. The molecule has 3 nitrogen and oxygen atoms in total. The van der Waals surface area contributed by atoms with Crippen LogP contribution in [-0.2, 0) is 4.74 Å². The highest BCUT2D eigenvalue weighted by Gasteiger charge is 2.26. The summed E-state index contributed by atoms with van der Waals surface area (Å²) in [6, 6.07) is 6.00. The van der Waals surface area contributed by atoms with E-state index in [0.717, 1.165) is 35.4 Å². The molecule has 1 aliphatic heterocycles. The van der Waals surface area contributed by atoms with E-state index in [1.807, 2.05) is 12.1 Å². The van der Waals surface area contributed by atoms with Crippen LogP contribution < -0.4 is 10.6 Å². The Morgan fingerprint density at radius 3 is 2.94 bits per heavy atom. The van der Waals surface area contributed by atoms with E-state index in [2.05, 4.69) is 33.8 Å². The van der Waals surface area contributed by atoms with Crippen molar-refractivity contribution in [3.8, 4) is 0 Å². The lowest BCUT2D eigenvalue weighted by Crippen LogP contribution is -2.44. The smallest absolute Gasteiger partial charge is 0.0772 e. The van der Waals surface area contributed by atoms with Crippen LogP contribution in [0.25, 0.3) is 0 Å². The van der Waals surface area contributed by atoms with E-state index in [4.69, 9.17) is 10.5 Å². The highest BCUT2D eigenvalue weighted by atomic mass is 79.9. The SMILES string of the molecule is COC1CN(c2cc(Br)ccc2N)CCC1C. The Labute approximate surface area is 111 Å². The predicted octanol–water partition coefficient (Wildman–Crippen LogP) is 2.89. The number of rotatable bonds is 2. The van der Waals surface area contributed by atoms with Gasteiger partial charge in [-0.3, -0.25) is 0 Å². The Morgan fingerprint density at radius 2 is 2.24 bits per heavy atom. The number of benzene rings is 1. The molecular weight excluding hydrogens is 280 g/mol. The van der Waals surface area contributed by atoms with Gasteiger partial charge in [-0.15, -0.1) is 0 Å². The standard InChI is InChI=1S/C13H19BrN2O/c1-9-5-6-16(8-13(9)17-2)12-7-10(14)3-4-11(12)15/h3-4,7,9,13H,5-6,8,15H2,1-2H3. The van der Waals surface area contributed by atoms with Crippen molar-refractivity contribution in [1.82, 2.24) is 0 Å². The number of nitrogen functional groups attached to an aromatic ring is 1. The van der Waals surface area contributed by atoms with Crippen LogP contribution in [0, 0.1) is 5.92 Å². The highest BCUT2D eigenvalue weighted by Crippen LogP contribution is 2.31. The first-order chi connectivity index (χ1) is 8.11. The summed E-state index contributed by atoms with van der Waals surface area (Å²) in [5.41, 5.74) is 7.97. The number of hydrogen-bond acceptors (Lipinski definition) is 3. The Bertz CT molecular complexity index is 397. The fraction of sp³-hybridized carbons (Fsp3) is 0.538. The molecule has 1 heterocycles. The maximum Gasteiger partial charge on any atom is 0.0772 e. The second-order valence-electron chi connectivity index (χ2n) is 4.69. The Kier molecular flexibility index (Phi) is 3.94. The van der Waals surface area contributed by atoms with Gasteiger partial charge in [-0.05, 0) is 30.5 Å². The monoisotopic (exact) mass is 298 g/mol. The highest BCUT2D eigenvalue weighted by molar-refractivity contribution is 9.10. The molecule has 2 rings (SSSR count). The summed E-state index contributed by atoms with van der Waals surface area (Å²) in [6.45, 7) is 4.20. The second-order valence-corrected chi connectivity index (χ2v) is 5.60. The zero-order valence-corrected chi connectivity index (χ0v) is 11.9. The summed E-state index contributed by atoms with van der Waals surface area (Å²) >= 11 is 3.49. The van der Waals surface area contributed by atoms with Crippen LogP contribution in [0.3, 0.4) is 0 Å². The van der Waals surface area contributed by atoms with Gasteiger partial charge in [0.1, 0.15) is 0 Å². The summed E-state index contributed by atoms with van der Waals surface area (Å²) in [5.74, 6) is 0.615. The molecule has 2 unspecified atom stereocenters. The van der Waals surface area contributed by atoms with Gasteiger partial charge in [0.25, 0.3) is 0 Å².